The number of hydrogen-bond acceptors (Lipinski definition) is 7. The van der Waals surface area contributed by atoms with Gasteiger partial charge in [-0.1, -0.05) is 23.1 Å². The zero-order valence-electron chi connectivity index (χ0n) is 24.0. The fourth-order valence-corrected chi connectivity index (χ4v) is 5.40. The van der Waals surface area contributed by atoms with Crippen molar-refractivity contribution in [2.24, 2.45) is 0 Å². The monoisotopic (exact) mass is 571 g/mol. The Labute approximate surface area is 246 Å². The molecular weight excluding hydrogens is 534 g/mol. The van der Waals surface area contributed by atoms with Gasteiger partial charge in [0.2, 0.25) is 0 Å². The SMILES string of the molecule is C[C@H](OC1CCCCO1)c1nccn1Cc1cc(-c2ccc(C#CC3=CCN(C(=O)N4CCOCC4)CC3)cc2)on1. The van der Waals surface area contributed by atoms with E-state index in [9.17, 15) is 4.79 Å². The van der Waals surface area contributed by atoms with E-state index < -0.39 is 0 Å². The molecule has 3 aliphatic rings. The molecule has 10 heteroatoms. The maximum absolute atomic E-state index is 12.7. The van der Waals surface area contributed by atoms with Crippen molar-refractivity contribution in [2.75, 3.05) is 46.0 Å². The van der Waals surface area contributed by atoms with E-state index in [1.54, 1.807) is 6.20 Å². The van der Waals surface area contributed by atoms with Gasteiger partial charge in [-0.05, 0) is 56.9 Å². The molecule has 3 aromatic rings. The standard InChI is InChI=1S/C32H37N5O5/c1-24(41-30-4-2-3-19-40-30)31-33-13-16-37(31)23-28-22-29(42-34-28)27-9-7-25(8-10-27)5-6-26-11-14-35(15-12-26)32(38)36-17-20-39-21-18-36/h7-11,13,16,22,24,30H,2-4,12,14-15,17-21,23H2,1H3/t24-,30?/m0/s1. The highest BCUT2D eigenvalue weighted by molar-refractivity contribution is 5.75. The molecule has 3 aliphatic heterocycles. The van der Waals surface area contributed by atoms with Gasteiger partial charge in [-0.15, -0.1) is 0 Å². The molecule has 10 nitrogen and oxygen atoms in total. The van der Waals surface area contributed by atoms with Gasteiger partial charge in [-0.25, -0.2) is 9.78 Å². The zero-order chi connectivity index (χ0) is 28.7. The number of hydrogen-bond donors (Lipinski definition) is 0. The quantitative estimate of drug-likeness (QED) is 0.398. The Bertz CT molecular complexity index is 1440. The molecule has 0 N–H and O–H groups in total. The number of carbonyl (C=O) groups is 1. The molecule has 2 amide bonds. The minimum Gasteiger partial charge on any atom is -0.378 e. The van der Waals surface area contributed by atoms with Gasteiger partial charge in [-0.2, -0.15) is 0 Å². The van der Waals surface area contributed by atoms with Crippen LogP contribution in [0.3, 0.4) is 0 Å². The summed E-state index contributed by atoms with van der Waals surface area (Å²) in [6, 6.07) is 10.0. The Kier molecular flexibility index (Phi) is 8.99. The second kappa shape index (κ2) is 13.4. The Morgan fingerprint density at radius 1 is 1.10 bits per heavy atom. The van der Waals surface area contributed by atoms with Crippen LogP contribution in [0.15, 0.2) is 58.9 Å². The highest BCUT2D eigenvalue weighted by Gasteiger charge is 2.24. The topological polar surface area (TPSA) is 95.1 Å². The van der Waals surface area contributed by atoms with Gasteiger partial charge < -0.3 is 33.1 Å². The molecule has 1 unspecified atom stereocenters. The lowest BCUT2D eigenvalue weighted by atomic mass is 10.1. The normalized spacial score (nSPS) is 20.0. The summed E-state index contributed by atoms with van der Waals surface area (Å²) >= 11 is 0. The molecule has 42 heavy (non-hydrogen) atoms. The Hall–Kier alpha value is -3.91. The van der Waals surface area contributed by atoms with Crippen molar-refractivity contribution < 1.29 is 23.5 Å². The third-order valence-corrected chi connectivity index (χ3v) is 7.79. The van der Waals surface area contributed by atoms with Gasteiger partial charge in [0.25, 0.3) is 0 Å². The van der Waals surface area contributed by atoms with Crippen molar-refractivity contribution in [1.82, 2.24) is 24.5 Å². The second-order valence-electron chi connectivity index (χ2n) is 10.8. The molecular formula is C32H37N5O5. The molecule has 6 rings (SSSR count). The van der Waals surface area contributed by atoms with Gasteiger partial charge in [0.1, 0.15) is 17.6 Å². The number of urea groups is 1. The van der Waals surface area contributed by atoms with Gasteiger partial charge >= 0.3 is 6.03 Å². The fraction of sp³-hybridized carbons (Fsp3) is 0.469. The van der Waals surface area contributed by atoms with Crippen LogP contribution in [0.4, 0.5) is 4.79 Å². The summed E-state index contributed by atoms with van der Waals surface area (Å²) in [4.78, 5) is 20.9. The van der Waals surface area contributed by atoms with Crippen molar-refractivity contribution in [3.05, 3.63) is 71.5 Å². The maximum Gasteiger partial charge on any atom is 0.320 e. The van der Waals surface area contributed by atoms with Crippen LogP contribution in [0.2, 0.25) is 0 Å². The molecule has 2 aromatic heterocycles. The smallest absolute Gasteiger partial charge is 0.320 e. The van der Waals surface area contributed by atoms with Crippen molar-refractivity contribution in [3.63, 3.8) is 0 Å². The number of carbonyl (C=O) groups excluding carboxylic acids is 1. The third-order valence-electron chi connectivity index (χ3n) is 7.79. The average Bonchev–Trinajstić information content (AvgIpc) is 3.71. The van der Waals surface area contributed by atoms with Crippen LogP contribution in [0.1, 0.15) is 55.8 Å². The maximum atomic E-state index is 12.7. The summed E-state index contributed by atoms with van der Waals surface area (Å²) in [5.41, 5.74) is 3.73. The summed E-state index contributed by atoms with van der Waals surface area (Å²) in [6.45, 7) is 7.11. The number of amides is 2. The lowest BCUT2D eigenvalue weighted by Gasteiger charge is -2.33. The van der Waals surface area contributed by atoms with Crippen LogP contribution in [-0.4, -0.2) is 82.8 Å². The number of imidazole rings is 1. The van der Waals surface area contributed by atoms with E-state index >= 15 is 0 Å². The van der Waals surface area contributed by atoms with E-state index in [2.05, 4.69) is 28.1 Å². The Balaban J connectivity index is 1.03. The summed E-state index contributed by atoms with van der Waals surface area (Å²) in [5, 5.41) is 4.29. The van der Waals surface area contributed by atoms with Gasteiger partial charge in [0.05, 0.1) is 19.8 Å². The Morgan fingerprint density at radius 2 is 1.95 bits per heavy atom. The molecule has 2 fully saturated rings. The number of nitrogens with zero attached hydrogens (tertiary/aromatic N) is 5. The predicted molar refractivity (Wildman–Crippen MR) is 155 cm³/mol. The first kappa shape index (κ1) is 28.2. The molecule has 220 valence electrons. The first-order chi connectivity index (χ1) is 20.6. The first-order valence-corrected chi connectivity index (χ1v) is 14.8. The molecule has 2 saturated heterocycles. The molecule has 0 bridgehead atoms. The second-order valence-corrected chi connectivity index (χ2v) is 10.8. The van der Waals surface area contributed by atoms with Crippen LogP contribution in [0, 0.1) is 11.8 Å². The minimum absolute atomic E-state index is 0.0894. The minimum atomic E-state index is -0.191. The summed E-state index contributed by atoms with van der Waals surface area (Å²) in [7, 11) is 0. The number of rotatable bonds is 6. The molecule has 2 atom stereocenters. The third kappa shape index (κ3) is 6.93. The molecule has 0 radical (unpaired) electrons. The lowest BCUT2D eigenvalue weighted by Crippen LogP contribution is -2.49. The van der Waals surface area contributed by atoms with Crippen molar-refractivity contribution in [3.8, 4) is 23.2 Å². The molecule has 0 spiro atoms. The van der Waals surface area contributed by atoms with Crippen molar-refractivity contribution in [2.45, 2.75) is 51.5 Å². The summed E-state index contributed by atoms with van der Waals surface area (Å²) < 4.78 is 24.9. The first-order valence-electron chi connectivity index (χ1n) is 14.8. The summed E-state index contributed by atoms with van der Waals surface area (Å²) in [6.07, 6.45) is 9.29. The molecule has 1 aromatic carbocycles. The fourth-order valence-electron chi connectivity index (χ4n) is 5.40. The van der Waals surface area contributed by atoms with Crippen LogP contribution in [0.25, 0.3) is 11.3 Å². The molecule has 0 aliphatic carbocycles. The largest absolute Gasteiger partial charge is 0.378 e. The van der Waals surface area contributed by atoms with Gasteiger partial charge in [0.15, 0.2) is 12.1 Å². The average molecular weight is 572 g/mol. The number of morpholine rings is 1. The molecule has 0 saturated carbocycles. The van der Waals surface area contributed by atoms with Crippen LogP contribution >= 0.6 is 0 Å². The van der Waals surface area contributed by atoms with Crippen LogP contribution in [0.5, 0.6) is 0 Å². The lowest BCUT2D eigenvalue weighted by molar-refractivity contribution is -0.188. The van der Waals surface area contributed by atoms with E-state index in [4.69, 9.17) is 18.7 Å². The highest BCUT2D eigenvalue weighted by Crippen LogP contribution is 2.25. The number of benzene rings is 1. The van der Waals surface area contributed by atoms with E-state index in [1.165, 1.54) is 0 Å². The van der Waals surface area contributed by atoms with Gasteiger partial charge in [-0.3, -0.25) is 0 Å². The zero-order valence-corrected chi connectivity index (χ0v) is 24.0. The molecule has 5 heterocycles. The highest BCUT2D eigenvalue weighted by atomic mass is 16.7. The number of ether oxygens (including phenoxy) is 3. The summed E-state index contributed by atoms with van der Waals surface area (Å²) in [5.74, 6) is 8.07. The predicted octanol–water partition coefficient (Wildman–Crippen LogP) is 4.63. The van der Waals surface area contributed by atoms with E-state index in [0.29, 0.717) is 51.7 Å². The van der Waals surface area contributed by atoms with Crippen molar-refractivity contribution in [1.29, 1.82) is 0 Å². The van der Waals surface area contributed by atoms with Crippen molar-refractivity contribution >= 4 is 6.03 Å². The Morgan fingerprint density at radius 3 is 2.71 bits per heavy atom. The van der Waals surface area contributed by atoms with Gasteiger partial charge in [0, 0.05) is 67.9 Å². The van der Waals surface area contributed by atoms with E-state index in [-0.39, 0.29) is 18.4 Å². The van der Waals surface area contributed by atoms with Crippen LogP contribution < -0.4 is 0 Å². The van der Waals surface area contributed by atoms with Crippen LogP contribution in [-0.2, 0) is 20.8 Å². The van der Waals surface area contributed by atoms with E-state index in [0.717, 1.165) is 60.5 Å². The van der Waals surface area contributed by atoms with E-state index in [1.807, 2.05) is 57.8 Å². The number of aromatic nitrogens is 3.